The van der Waals surface area contributed by atoms with Gasteiger partial charge < -0.3 is 4.57 Å². The molecule has 0 radical (unpaired) electrons. The minimum Gasteiger partial charge on any atom is -0.309 e. The fourth-order valence-corrected chi connectivity index (χ4v) is 7.39. The molecule has 10 heteroatoms. The molecule has 2 heterocycles. The van der Waals surface area contributed by atoms with Gasteiger partial charge >= 0.3 is 12.4 Å². The Morgan fingerprint density at radius 1 is 0.414 bits per heavy atom. The van der Waals surface area contributed by atoms with E-state index in [0.717, 1.165) is 44.6 Å². The summed E-state index contributed by atoms with van der Waals surface area (Å²) in [5.41, 5.74) is 3.62. The Bertz CT molecular complexity index is 2910. The first-order valence-corrected chi connectivity index (χ1v) is 18.3. The van der Waals surface area contributed by atoms with Gasteiger partial charge in [0.2, 0.25) is 0 Å². The van der Waals surface area contributed by atoms with Crippen LogP contribution in [-0.2, 0) is 12.4 Å². The Hall–Kier alpha value is -7.07. The number of halogens is 6. The number of aryl methyl sites for hydroxylation is 1. The normalized spacial score (nSPS) is 12.1. The maximum atomic E-state index is 14.8. The maximum Gasteiger partial charge on any atom is 0.417 e. The molecule has 0 amide bonds. The molecule has 0 unspecified atom stereocenters. The smallest absolute Gasteiger partial charge is 0.309 e. The molecule has 58 heavy (non-hydrogen) atoms. The van der Waals surface area contributed by atoms with Crippen LogP contribution in [0.1, 0.15) is 16.7 Å². The number of hydrogen-bond acceptors (Lipinski definition) is 3. The molecule has 2 aromatic heterocycles. The van der Waals surface area contributed by atoms with Crippen molar-refractivity contribution in [2.24, 2.45) is 0 Å². The molecule has 7 aromatic carbocycles. The first-order valence-electron chi connectivity index (χ1n) is 18.3. The van der Waals surface area contributed by atoms with Crippen molar-refractivity contribution in [3.8, 4) is 62.1 Å². The van der Waals surface area contributed by atoms with E-state index in [1.54, 1.807) is 12.1 Å². The van der Waals surface area contributed by atoms with Crippen LogP contribution in [0, 0.1) is 6.92 Å². The number of alkyl halides is 6. The van der Waals surface area contributed by atoms with Crippen LogP contribution >= 0.6 is 0 Å². The van der Waals surface area contributed by atoms with Gasteiger partial charge in [0.05, 0.1) is 22.2 Å². The molecule has 0 fully saturated rings. The van der Waals surface area contributed by atoms with Crippen LogP contribution in [0.15, 0.2) is 164 Å². The zero-order valence-electron chi connectivity index (χ0n) is 30.6. The first kappa shape index (κ1) is 36.6. The molecule has 0 aliphatic rings. The van der Waals surface area contributed by atoms with Crippen LogP contribution in [0.25, 0.3) is 83.9 Å². The van der Waals surface area contributed by atoms with Crippen molar-refractivity contribution >= 4 is 21.8 Å². The van der Waals surface area contributed by atoms with Gasteiger partial charge in [0.25, 0.3) is 0 Å². The zero-order valence-corrected chi connectivity index (χ0v) is 30.6. The van der Waals surface area contributed by atoms with Gasteiger partial charge in [-0.1, -0.05) is 127 Å². The minimum atomic E-state index is -5.13. The summed E-state index contributed by atoms with van der Waals surface area (Å²) in [7, 11) is 0. The Morgan fingerprint density at radius 3 is 1.62 bits per heavy atom. The van der Waals surface area contributed by atoms with Crippen molar-refractivity contribution in [2.45, 2.75) is 19.3 Å². The van der Waals surface area contributed by atoms with E-state index in [2.05, 4.69) is 30.3 Å². The van der Waals surface area contributed by atoms with Crippen LogP contribution in [0.3, 0.4) is 0 Å². The molecular formula is C48H30F6N4. The molecule has 0 spiro atoms. The third-order valence-electron chi connectivity index (χ3n) is 10.2. The second-order valence-electron chi connectivity index (χ2n) is 14.0. The van der Waals surface area contributed by atoms with Gasteiger partial charge in [0.1, 0.15) is 0 Å². The number of aromatic nitrogens is 4. The average Bonchev–Trinajstić information content (AvgIpc) is 3.57. The topological polar surface area (TPSA) is 43.6 Å². The molecule has 284 valence electrons. The fourth-order valence-electron chi connectivity index (χ4n) is 7.39. The van der Waals surface area contributed by atoms with Gasteiger partial charge in [-0.2, -0.15) is 26.3 Å². The zero-order chi connectivity index (χ0) is 40.2. The second kappa shape index (κ2) is 14.1. The highest BCUT2D eigenvalue weighted by molar-refractivity contribution is 6.10. The van der Waals surface area contributed by atoms with E-state index >= 15 is 0 Å². The van der Waals surface area contributed by atoms with Crippen molar-refractivity contribution in [3.63, 3.8) is 0 Å². The van der Waals surface area contributed by atoms with Crippen molar-refractivity contribution in [1.82, 2.24) is 19.5 Å². The summed E-state index contributed by atoms with van der Waals surface area (Å²) in [6, 6.07) is 47.0. The third-order valence-corrected chi connectivity index (χ3v) is 10.2. The van der Waals surface area contributed by atoms with E-state index in [9.17, 15) is 26.3 Å². The monoisotopic (exact) mass is 776 g/mol. The van der Waals surface area contributed by atoms with Gasteiger partial charge in [-0.05, 0) is 71.6 Å². The second-order valence-corrected chi connectivity index (χ2v) is 14.0. The molecule has 4 nitrogen and oxygen atoms in total. The van der Waals surface area contributed by atoms with E-state index < -0.39 is 29.0 Å². The molecule has 0 saturated carbocycles. The van der Waals surface area contributed by atoms with E-state index in [1.165, 1.54) is 6.07 Å². The maximum absolute atomic E-state index is 14.8. The summed E-state index contributed by atoms with van der Waals surface area (Å²) in [6.07, 6.45) is -10.1. The number of para-hydroxylation sites is 1. The van der Waals surface area contributed by atoms with E-state index in [1.807, 2.05) is 109 Å². The summed E-state index contributed by atoms with van der Waals surface area (Å²) in [6.45, 7) is 2.03. The van der Waals surface area contributed by atoms with Crippen molar-refractivity contribution < 1.29 is 26.3 Å². The summed E-state index contributed by atoms with van der Waals surface area (Å²) in [4.78, 5) is 14.4. The van der Waals surface area contributed by atoms with Gasteiger partial charge in [-0.25, -0.2) is 15.0 Å². The molecular weight excluding hydrogens is 747 g/mol. The Labute approximate surface area is 328 Å². The van der Waals surface area contributed by atoms with E-state index in [0.29, 0.717) is 22.9 Å². The number of hydrogen-bond donors (Lipinski definition) is 0. The van der Waals surface area contributed by atoms with Gasteiger partial charge in [0, 0.05) is 33.2 Å². The molecule has 0 atom stereocenters. The Morgan fingerprint density at radius 2 is 0.983 bits per heavy atom. The van der Waals surface area contributed by atoms with Crippen molar-refractivity contribution in [2.75, 3.05) is 0 Å². The van der Waals surface area contributed by atoms with E-state index in [-0.39, 0.29) is 34.7 Å². The molecule has 0 bridgehead atoms. The lowest BCUT2D eigenvalue weighted by molar-refractivity contribution is -0.142. The Balaban J connectivity index is 1.34. The summed E-state index contributed by atoms with van der Waals surface area (Å²) in [5, 5.41) is 1.91. The fraction of sp³-hybridized carbons (Fsp3) is 0.0625. The van der Waals surface area contributed by atoms with Crippen LogP contribution in [-0.4, -0.2) is 19.5 Å². The van der Waals surface area contributed by atoms with Gasteiger partial charge in [-0.15, -0.1) is 0 Å². The Kier molecular flexibility index (Phi) is 8.92. The molecule has 9 rings (SSSR count). The quantitative estimate of drug-likeness (QED) is 0.158. The first-order chi connectivity index (χ1) is 27.9. The van der Waals surface area contributed by atoms with Gasteiger partial charge in [-0.3, -0.25) is 0 Å². The summed E-state index contributed by atoms with van der Waals surface area (Å²) < 4.78 is 88.0. The molecule has 0 aliphatic heterocycles. The highest BCUT2D eigenvalue weighted by atomic mass is 19.4. The number of rotatable bonds is 6. The predicted octanol–water partition coefficient (Wildman–Crippen LogP) is 13.6. The lowest BCUT2D eigenvalue weighted by Gasteiger charge is -2.19. The minimum absolute atomic E-state index is 0.00329. The van der Waals surface area contributed by atoms with Crippen LogP contribution in [0.5, 0.6) is 0 Å². The molecule has 0 saturated heterocycles. The van der Waals surface area contributed by atoms with Crippen LogP contribution in [0.2, 0.25) is 0 Å². The lowest BCUT2D eigenvalue weighted by atomic mass is 9.92. The number of fused-ring (bicyclic) bond motifs is 3. The molecule has 9 aromatic rings. The summed E-state index contributed by atoms with van der Waals surface area (Å²) in [5.74, 6) is 0.578. The predicted molar refractivity (Wildman–Crippen MR) is 216 cm³/mol. The largest absolute Gasteiger partial charge is 0.417 e. The number of benzene rings is 7. The van der Waals surface area contributed by atoms with Crippen molar-refractivity contribution in [3.05, 3.63) is 180 Å². The lowest BCUT2D eigenvalue weighted by Crippen LogP contribution is -2.12. The van der Waals surface area contributed by atoms with Gasteiger partial charge in [0.15, 0.2) is 17.5 Å². The van der Waals surface area contributed by atoms with E-state index in [4.69, 9.17) is 15.0 Å². The molecule has 0 N–H and O–H groups in total. The molecule has 0 aliphatic carbocycles. The highest BCUT2D eigenvalue weighted by Gasteiger charge is 2.39. The standard InChI is InChI=1S/C48H30F6N4/c1-29-16-18-30(19-17-29)33-20-25-43-39(26-33)38-14-8-9-15-42(38)58(43)35-22-24-36(37-23-21-34(47(49,50)51)27-41(37)48(52,53)54)40(28-35)46-56-44(31-10-4-2-5-11-31)55-45(57-46)32-12-6-3-7-13-32/h2-28H,1H3. The third kappa shape index (κ3) is 6.76. The highest BCUT2D eigenvalue weighted by Crippen LogP contribution is 2.45. The van der Waals surface area contributed by atoms with Crippen LogP contribution in [0.4, 0.5) is 26.3 Å². The summed E-state index contributed by atoms with van der Waals surface area (Å²) >= 11 is 0. The van der Waals surface area contributed by atoms with Crippen molar-refractivity contribution in [1.29, 1.82) is 0 Å². The number of nitrogens with zero attached hydrogens (tertiary/aromatic N) is 4. The van der Waals surface area contributed by atoms with Crippen LogP contribution < -0.4 is 0 Å². The average molecular weight is 777 g/mol. The SMILES string of the molecule is Cc1ccc(-c2ccc3c(c2)c2ccccc2n3-c2ccc(-c3ccc(C(F)(F)F)cc3C(F)(F)F)c(-c3nc(-c4ccccc4)nc(-c4ccccc4)n3)c2)cc1.